The maximum Gasteiger partial charge on any atom is 0.233 e. The summed E-state index contributed by atoms with van der Waals surface area (Å²) in [5, 5.41) is 6.22. The van der Waals surface area contributed by atoms with Gasteiger partial charge >= 0.3 is 0 Å². The van der Waals surface area contributed by atoms with E-state index in [1.54, 1.807) is 11.8 Å². The topological polar surface area (TPSA) is 77.9 Å². The van der Waals surface area contributed by atoms with Crippen LogP contribution in [-0.4, -0.2) is 30.0 Å². The molecule has 1 rings (SSSR count). The largest absolute Gasteiger partial charge is 0.355 e. The van der Waals surface area contributed by atoms with Crippen molar-refractivity contribution in [1.29, 1.82) is 0 Å². The monoisotopic (exact) mass is 214 g/mol. The molecule has 14 heavy (non-hydrogen) atoms. The van der Waals surface area contributed by atoms with Crippen molar-refractivity contribution in [1.82, 2.24) is 5.32 Å². The number of carbonyl (C=O) groups excluding carboxylic acids is 1. The fraction of sp³-hybridized carbons (Fsp3) is 0.875. The second kappa shape index (κ2) is 6.56. The Bertz CT molecular complexity index is 233. The quantitative estimate of drug-likeness (QED) is 0.334. The van der Waals surface area contributed by atoms with Crippen molar-refractivity contribution in [3.63, 3.8) is 0 Å². The van der Waals surface area contributed by atoms with E-state index in [9.17, 15) is 4.79 Å². The first kappa shape index (κ1) is 11.2. The Kier molecular flexibility index (Phi) is 5.25. The van der Waals surface area contributed by atoms with Crippen LogP contribution in [-0.2, 0) is 4.79 Å². The SMILES string of the molecule is [N-]=[N+]=NCCNC(=O)C1CCCCS1. The molecule has 1 heterocycles. The molecule has 1 N–H and O–H groups in total. The van der Waals surface area contributed by atoms with Crippen LogP contribution in [0.2, 0.25) is 0 Å². The summed E-state index contributed by atoms with van der Waals surface area (Å²) in [6, 6.07) is 0. The molecule has 1 aliphatic heterocycles. The first-order valence-corrected chi connectivity index (χ1v) is 5.79. The van der Waals surface area contributed by atoms with Gasteiger partial charge in [-0.05, 0) is 24.1 Å². The number of thioether (sulfide) groups is 1. The van der Waals surface area contributed by atoms with Crippen molar-refractivity contribution in [2.75, 3.05) is 18.8 Å². The van der Waals surface area contributed by atoms with Crippen LogP contribution in [0.4, 0.5) is 0 Å². The highest BCUT2D eigenvalue weighted by Gasteiger charge is 2.20. The van der Waals surface area contributed by atoms with Crippen LogP contribution >= 0.6 is 11.8 Å². The summed E-state index contributed by atoms with van der Waals surface area (Å²) in [5.41, 5.74) is 8.02. The minimum atomic E-state index is 0.0860. The minimum Gasteiger partial charge on any atom is -0.355 e. The Hall–Kier alpha value is -0.870. The van der Waals surface area contributed by atoms with Gasteiger partial charge in [-0.1, -0.05) is 11.5 Å². The average molecular weight is 214 g/mol. The third kappa shape index (κ3) is 3.89. The van der Waals surface area contributed by atoms with Crippen LogP contribution in [0.3, 0.4) is 0 Å². The zero-order chi connectivity index (χ0) is 10.2. The lowest BCUT2D eigenvalue weighted by Crippen LogP contribution is -2.35. The zero-order valence-corrected chi connectivity index (χ0v) is 8.79. The molecule has 0 aromatic carbocycles. The number of carbonyl (C=O) groups is 1. The van der Waals surface area contributed by atoms with E-state index in [2.05, 4.69) is 15.3 Å². The molecule has 78 valence electrons. The molecule has 0 aromatic rings. The highest BCUT2D eigenvalue weighted by Crippen LogP contribution is 2.24. The van der Waals surface area contributed by atoms with Crippen LogP contribution in [0.15, 0.2) is 5.11 Å². The second-order valence-corrected chi connectivity index (χ2v) is 4.41. The van der Waals surface area contributed by atoms with Gasteiger partial charge in [0.2, 0.25) is 5.91 Å². The smallest absolute Gasteiger partial charge is 0.233 e. The van der Waals surface area contributed by atoms with E-state index in [4.69, 9.17) is 5.53 Å². The van der Waals surface area contributed by atoms with Crippen molar-refractivity contribution in [2.24, 2.45) is 5.11 Å². The molecule has 6 heteroatoms. The minimum absolute atomic E-state index is 0.0860. The van der Waals surface area contributed by atoms with Crippen LogP contribution in [0, 0.1) is 0 Å². The van der Waals surface area contributed by atoms with Gasteiger partial charge in [-0.25, -0.2) is 0 Å². The lowest BCUT2D eigenvalue weighted by atomic mass is 10.2. The molecule has 1 amide bonds. The van der Waals surface area contributed by atoms with Crippen molar-refractivity contribution in [3.8, 4) is 0 Å². The summed E-state index contributed by atoms with van der Waals surface area (Å²) < 4.78 is 0. The predicted molar refractivity (Wildman–Crippen MR) is 57.1 cm³/mol. The zero-order valence-electron chi connectivity index (χ0n) is 7.98. The number of rotatable bonds is 4. The standard InChI is InChI=1S/C8H14N4OS/c9-12-11-5-4-10-8(13)7-3-1-2-6-14-7/h7H,1-6H2,(H,10,13). The van der Waals surface area contributed by atoms with Crippen LogP contribution in [0.1, 0.15) is 19.3 Å². The van der Waals surface area contributed by atoms with Gasteiger partial charge in [0.1, 0.15) is 0 Å². The first-order valence-electron chi connectivity index (χ1n) is 4.75. The molecule has 0 bridgehead atoms. The van der Waals surface area contributed by atoms with E-state index in [0.29, 0.717) is 13.1 Å². The summed E-state index contributed by atoms with van der Waals surface area (Å²) in [4.78, 5) is 14.1. The number of hydrogen-bond acceptors (Lipinski definition) is 3. The third-order valence-corrected chi connectivity index (χ3v) is 3.42. The number of azide groups is 1. The Balaban J connectivity index is 2.16. The van der Waals surface area contributed by atoms with Gasteiger partial charge in [0.05, 0.1) is 5.25 Å². The van der Waals surface area contributed by atoms with Gasteiger partial charge < -0.3 is 5.32 Å². The van der Waals surface area contributed by atoms with Crippen molar-refractivity contribution < 1.29 is 4.79 Å². The summed E-state index contributed by atoms with van der Waals surface area (Å²) in [6.07, 6.45) is 3.33. The number of hydrogen-bond donors (Lipinski definition) is 1. The Morgan fingerprint density at radius 3 is 3.14 bits per heavy atom. The second-order valence-electron chi connectivity index (χ2n) is 3.10. The highest BCUT2D eigenvalue weighted by atomic mass is 32.2. The summed E-state index contributed by atoms with van der Waals surface area (Å²) in [7, 11) is 0. The molecule has 1 saturated heterocycles. The molecule has 0 saturated carbocycles. The summed E-state index contributed by atoms with van der Waals surface area (Å²) in [5.74, 6) is 1.16. The van der Waals surface area contributed by atoms with Crippen LogP contribution in [0.25, 0.3) is 10.4 Å². The van der Waals surface area contributed by atoms with E-state index < -0.39 is 0 Å². The summed E-state index contributed by atoms with van der Waals surface area (Å²) in [6.45, 7) is 0.777. The molecule has 0 aliphatic carbocycles. The van der Waals surface area contributed by atoms with Gasteiger partial charge in [0.15, 0.2) is 0 Å². The number of nitrogens with one attached hydrogen (secondary N) is 1. The van der Waals surface area contributed by atoms with Crippen LogP contribution < -0.4 is 5.32 Å². The third-order valence-electron chi connectivity index (χ3n) is 2.05. The predicted octanol–water partition coefficient (Wildman–Crippen LogP) is 1.70. The normalized spacial score (nSPS) is 21.0. The van der Waals surface area contributed by atoms with Gasteiger partial charge in [-0.2, -0.15) is 0 Å². The van der Waals surface area contributed by atoms with Crippen molar-refractivity contribution in [3.05, 3.63) is 10.4 Å². The molecule has 0 aromatic heterocycles. The lowest BCUT2D eigenvalue weighted by Gasteiger charge is -2.20. The van der Waals surface area contributed by atoms with Crippen molar-refractivity contribution >= 4 is 17.7 Å². The molecule has 1 unspecified atom stereocenters. The fourth-order valence-corrected chi connectivity index (χ4v) is 2.56. The fourth-order valence-electron chi connectivity index (χ4n) is 1.34. The van der Waals surface area contributed by atoms with Crippen molar-refractivity contribution in [2.45, 2.75) is 24.5 Å². The number of amides is 1. The molecular formula is C8H14N4OS. The van der Waals surface area contributed by atoms with E-state index in [1.807, 2.05) is 0 Å². The molecular weight excluding hydrogens is 200 g/mol. The highest BCUT2D eigenvalue weighted by molar-refractivity contribution is 8.00. The Morgan fingerprint density at radius 1 is 1.64 bits per heavy atom. The van der Waals surface area contributed by atoms with Gasteiger partial charge in [-0.3, -0.25) is 4.79 Å². The average Bonchev–Trinajstić information content (AvgIpc) is 2.25. The first-order chi connectivity index (χ1) is 6.84. The molecule has 1 fully saturated rings. The maximum atomic E-state index is 11.5. The van der Waals surface area contributed by atoms with Gasteiger partial charge in [0.25, 0.3) is 0 Å². The van der Waals surface area contributed by atoms with E-state index in [0.717, 1.165) is 18.6 Å². The molecule has 0 spiro atoms. The van der Waals surface area contributed by atoms with Crippen LogP contribution in [0.5, 0.6) is 0 Å². The Morgan fingerprint density at radius 2 is 2.50 bits per heavy atom. The molecule has 1 aliphatic rings. The van der Waals surface area contributed by atoms with E-state index in [-0.39, 0.29) is 11.2 Å². The number of nitrogens with zero attached hydrogens (tertiary/aromatic N) is 3. The maximum absolute atomic E-state index is 11.5. The van der Waals surface area contributed by atoms with E-state index >= 15 is 0 Å². The molecule has 0 radical (unpaired) electrons. The molecule has 5 nitrogen and oxygen atoms in total. The molecule has 1 atom stereocenters. The lowest BCUT2D eigenvalue weighted by molar-refractivity contribution is -0.120. The summed E-state index contributed by atoms with van der Waals surface area (Å²) >= 11 is 1.72. The van der Waals surface area contributed by atoms with E-state index in [1.165, 1.54) is 6.42 Å². The van der Waals surface area contributed by atoms with Gasteiger partial charge in [0, 0.05) is 18.0 Å². The Labute approximate surface area is 87.3 Å². The van der Waals surface area contributed by atoms with Gasteiger partial charge in [-0.15, -0.1) is 11.8 Å².